The molecule has 1 saturated carbocycles. The summed E-state index contributed by atoms with van der Waals surface area (Å²) in [6.07, 6.45) is 5.63. The Morgan fingerprint density at radius 3 is 2.59 bits per heavy atom. The highest BCUT2D eigenvalue weighted by atomic mass is 32.1. The summed E-state index contributed by atoms with van der Waals surface area (Å²) in [5.74, 6) is -0.711. The molecule has 2 heterocycles. The number of amides is 3. The molecule has 2 aliphatic carbocycles. The molecule has 2 aromatic rings. The number of imide groups is 1. The van der Waals surface area contributed by atoms with Gasteiger partial charge in [0.05, 0.1) is 17.5 Å². The maximum absolute atomic E-state index is 12.5. The lowest BCUT2D eigenvalue weighted by molar-refractivity contribution is -0.140. The van der Waals surface area contributed by atoms with E-state index in [-0.39, 0.29) is 42.5 Å². The molecule has 7 heteroatoms. The molecule has 150 valence electrons. The molecule has 0 bridgehead atoms. The van der Waals surface area contributed by atoms with E-state index in [9.17, 15) is 14.4 Å². The number of hydrogen-bond acceptors (Lipinski definition) is 5. The van der Waals surface area contributed by atoms with Crippen molar-refractivity contribution in [1.82, 2.24) is 9.88 Å². The minimum Gasteiger partial charge on any atom is -0.302 e. The average Bonchev–Trinajstić information content (AvgIpc) is 3.26. The molecule has 0 radical (unpaired) electrons. The molecule has 3 aliphatic rings. The van der Waals surface area contributed by atoms with Gasteiger partial charge in [0.1, 0.15) is 0 Å². The Labute approximate surface area is 173 Å². The second-order valence-corrected chi connectivity index (χ2v) is 9.16. The number of aryl methyl sites for hydroxylation is 2. The van der Waals surface area contributed by atoms with Gasteiger partial charge in [0.15, 0.2) is 5.13 Å². The fraction of sp³-hybridized carbons (Fsp3) is 0.455. The summed E-state index contributed by atoms with van der Waals surface area (Å²) >= 11 is 1.51. The molecule has 3 amide bonds. The van der Waals surface area contributed by atoms with Crippen LogP contribution in [0.3, 0.4) is 0 Å². The van der Waals surface area contributed by atoms with Crippen LogP contribution in [0.1, 0.15) is 42.5 Å². The predicted octanol–water partition coefficient (Wildman–Crippen LogP) is 3.41. The number of anilines is 1. The number of rotatable bonds is 4. The van der Waals surface area contributed by atoms with E-state index in [4.69, 9.17) is 0 Å². The highest BCUT2D eigenvalue weighted by Crippen LogP contribution is 2.39. The van der Waals surface area contributed by atoms with Crippen LogP contribution in [0.4, 0.5) is 5.13 Å². The van der Waals surface area contributed by atoms with E-state index in [0.29, 0.717) is 5.13 Å². The number of fused-ring (bicyclic) bond motifs is 4. The molecule has 1 N–H and O–H groups in total. The second kappa shape index (κ2) is 7.37. The highest BCUT2D eigenvalue weighted by molar-refractivity contribution is 7.16. The van der Waals surface area contributed by atoms with Crippen LogP contribution in [0.15, 0.2) is 24.3 Å². The lowest BCUT2D eigenvalue weighted by atomic mass is 9.81. The van der Waals surface area contributed by atoms with E-state index in [1.807, 2.05) is 12.1 Å². The van der Waals surface area contributed by atoms with Crippen LogP contribution in [-0.4, -0.2) is 34.2 Å². The fourth-order valence-corrected chi connectivity index (χ4v) is 5.84. The average molecular weight is 410 g/mol. The molecule has 1 aliphatic heterocycles. The molecule has 0 spiro atoms. The van der Waals surface area contributed by atoms with Gasteiger partial charge in [-0.05, 0) is 31.2 Å². The monoisotopic (exact) mass is 409 g/mol. The second-order valence-electron chi connectivity index (χ2n) is 8.07. The number of nitrogens with zero attached hydrogens (tertiary/aromatic N) is 2. The van der Waals surface area contributed by atoms with Crippen molar-refractivity contribution >= 4 is 34.2 Å². The van der Waals surface area contributed by atoms with Gasteiger partial charge in [0.2, 0.25) is 17.7 Å². The molecule has 1 saturated heterocycles. The van der Waals surface area contributed by atoms with Crippen molar-refractivity contribution in [2.75, 3.05) is 11.9 Å². The summed E-state index contributed by atoms with van der Waals surface area (Å²) in [7, 11) is 0. The summed E-state index contributed by atoms with van der Waals surface area (Å²) in [4.78, 5) is 44.7. The van der Waals surface area contributed by atoms with Crippen LogP contribution in [0.5, 0.6) is 0 Å². The Morgan fingerprint density at radius 2 is 1.83 bits per heavy atom. The maximum atomic E-state index is 12.5. The summed E-state index contributed by atoms with van der Waals surface area (Å²) in [6.45, 7) is 0.157. The number of carbonyl (C=O) groups excluding carboxylic acids is 3. The van der Waals surface area contributed by atoms with Crippen LogP contribution < -0.4 is 5.32 Å². The molecular formula is C22H23N3O3S. The third-order valence-electron chi connectivity index (χ3n) is 6.33. The molecular weight excluding hydrogens is 386 g/mol. The van der Waals surface area contributed by atoms with Gasteiger partial charge in [0.25, 0.3) is 0 Å². The highest BCUT2D eigenvalue weighted by Gasteiger charge is 2.47. The number of benzene rings is 1. The predicted molar refractivity (Wildman–Crippen MR) is 110 cm³/mol. The lowest BCUT2D eigenvalue weighted by Gasteiger charge is -2.19. The zero-order chi connectivity index (χ0) is 20.0. The third-order valence-corrected chi connectivity index (χ3v) is 7.36. The van der Waals surface area contributed by atoms with Crippen LogP contribution in [-0.2, 0) is 27.2 Å². The van der Waals surface area contributed by atoms with Gasteiger partial charge < -0.3 is 5.32 Å². The van der Waals surface area contributed by atoms with Crippen molar-refractivity contribution in [3.63, 3.8) is 0 Å². The minimum absolute atomic E-state index is 0.0891. The number of thiazole rings is 1. The first-order valence-electron chi connectivity index (χ1n) is 10.3. The zero-order valence-corrected chi connectivity index (χ0v) is 17.0. The first-order valence-corrected chi connectivity index (χ1v) is 11.2. The first-order chi connectivity index (χ1) is 14.1. The Balaban J connectivity index is 1.23. The van der Waals surface area contributed by atoms with Gasteiger partial charge in [-0.3, -0.25) is 19.3 Å². The van der Waals surface area contributed by atoms with E-state index in [0.717, 1.165) is 49.8 Å². The molecule has 6 nitrogen and oxygen atoms in total. The summed E-state index contributed by atoms with van der Waals surface area (Å²) < 4.78 is 0. The van der Waals surface area contributed by atoms with Crippen molar-refractivity contribution in [3.05, 3.63) is 34.7 Å². The van der Waals surface area contributed by atoms with Crippen molar-refractivity contribution in [3.8, 4) is 11.3 Å². The number of hydrogen-bond donors (Lipinski definition) is 1. The quantitative estimate of drug-likeness (QED) is 0.785. The smallest absolute Gasteiger partial charge is 0.233 e. The van der Waals surface area contributed by atoms with Gasteiger partial charge in [0, 0.05) is 23.4 Å². The number of carbonyl (C=O) groups is 3. The number of nitrogens with one attached hydrogen (secondary N) is 1. The van der Waals surface area contributed by atoms with Crippen molar-refractivity contribution in [1.29, 1.82) is 0 Å². The maximum Gasteiger partial charge on any atom is 0.233 e. The normalized spacial score (nSPS) is 22.8. The summed E-state index contributed by atoms with van der Waals surface area (Å²) in [5, 5.41) is 3.45. The fourth-order valence-electron chi connectivity index (χ4n) is 4.85. The van der Waals surface area contributed by atoms with Gasteiger partial charge in [-0.15, -0.1) is 11.3 Å². The Hall–Kier alpha value is -2.54. The Kier molecular flexibility index (Phi) is 4.70. The Bertz CT molecular complexity index is 975. The van der Waals surface area contributed by atoms with E-state index >= 15 is 0 Å². The Morgan fingerprint density at radius 1 is 1.10 bits per heavy atom. The van der Waals surface area contributed by atoms with Crippen molar-refractivity contribution in [2.24, 2.45) is 11.8 Å². The number of likely N-dealkylation sites (tertiary alicyclic amines) is 1. The molecule has 2 atom stereocenters. The van der Waals surface area contributed by atoms with Gasteiger partial charge in [-0.1, -0.05) is 37.1 Å². The number of aromatic nitrogens is 1. The topological polar surface area (TPSA) is 79.4 Å². The zero-order valence-electron chi connectivity index (χ0n) is 16.1. The molecule has 2 fully saturated rings. The standard InChI is InChI=1S/C22H23N3O3S/c26-18(11-12-25-20(27)15-7-3-4-8-16(15)21(25)28)23-22-24-19-14-6-2-1-5-13(14)9-10-17(19)29-22/h1-2,5-6,15-16H,3-4,7-12H2,(H,23,24,26)/t15-,16-/m0/s1. The lowest BCUT2D eigenvalue weighted by Crippen LogP contribution is -2.34. The first kappa shape index (κ1) is 18.5. The molecule has 5 rings (SSSR count). The van der Waals surface area contributed by atoms with Crippen LogP contribution in [0.25, 0.3) is 11.3 Å². The van der Waals surface area contributed by atoms with Crippen molar-refractivity contribution < 1.29 is 14.4 Å². The molecule has 1 aromatic carbocycles. The minimum atomic E-state index is -0.208. The van der Waals surface area contributed by atoms with E-state index in [1.165, 1.54) is 26.7 Å². The van der Waals surface area contributed by atoms with Gasteiger partial charge >= 0.3 is 0 Å². The summed E-state index contributed by atoms with van der Waals surface area (Å²) in [5.41, 5.74) is 3.39. The van der Waals surface area contributed by atoms with Crippen LogP contribution >= 0.6 is 11.3 Å². The molecule has 0 unspecified atom stereocenters. The van der Waals surface area contributed by atoms with E-state index in [1.54, 1.807) is 0 Å². The van der Waals surface area contributed by atoms with Gasteiger partial charge in [-0.25, -0.2) is 4.98 Å². The molecule has 1 aromatic heterocycles. The largest absolute Gasteiger partial charge is 0.302 e. The van der Waals surface area contributed by atoms with Gasteiger partial charge in [-0.2, -0.15) is 0 Å². The van der Waals surface area contributed by atoms with E-state index < -0.39 is 0 Å². The third kappa shape index (κ3) is 3.27. The molecule has 29 heavy (non-hydrogen) atoms. The SMILES string of the molecule is O=C(CCN1C(=O)[C@H]2CCCC[C@@H]2C1=O)Nc1nc2c(s1)CCc1ccccc1-2. The van der Waals surface area contributed by atoms with Crippen LogP contribution in [0.2, 0.25) is 0 Å². The summed E-state index contributed by atoms with van der Waals surface area (Å²) in [6, 6.07) is 8.24. The van der Waals surface area contributed by atoms with Crippen LogP contribution in [0, 0.1) is 11.8 Å². The van der Waals surface area contributed by atoms with Crippen molar-refractivity contribution in [2.45, 2.75) is 44.9 Å². The van der Waals surface area contributed by atoms with E-state index in [2.05, 4.69) is 22.4 Å².